The number of hydrogen-bond acceptors (Lipinski definition) is 4. The third-order valence-electron chi connectivity index (χ3n) is 3.37. The van der Waals surface area contributed by atoms with Gasteiger partial charge in [0.15, 0.2) is 0 Å². The maximum atomic E-state index is 13.1. The molecule has 0 spiro atoms. The first kappa shape index (κ1) is 19.3. The van der Waals surface area contributed by atoms with Gasteiger partial charge in [-0.15, -0.1) is 0 Å². The van der Waals surface area contributed by atoms with E-state index >= 15 is 0 Å². The fourth-order valence-corrected chi connectivity index (χ4v) is 3.92. The summed E-state index contributed by atoms with van der Waals surface area (Å²) in [5, 5.41) is 0.232. The topological polar surface area (TPSA) is 63.7 Å². The third-order valence-corrected chi connectivity index (χ3v) is 5.46. The summed E-state index contributed by atoms with van der Waals surface area (Å²) in [7, 11) is -3.98. The van der Waals surface area contributed by atoms with Gasteiger partial charge in [-0.25, -0.2) is 8.42 Å². The second kappa shape index (κ2) is 7.89. The van der Waals surface area contributed by atoms with Crippen LogP contribution >= 0.6 is 11.6 Å². The zero-order chi connectivity index (χ0) is 18.6. The Hall–Kier alpha value is -2.05. The van der Waals surface area contributed by atoms with Gasteiger partial charge >= 0.3 is 5.97 Å². The van der Waals surface area contributed by atoms with Gasteiger partial charge in [-0.2, -0.15) is 0 Å². The van der Waals surface area contributed by atoms with Crippen molar-refractivity contribution in [3.05, 3.63) is 59.1 Å². The lowest BCUT2D eigenvalue weighted by molar-refractivity contribution is -0.145. The molecule has 7 heteroatoms. The number of anilines is 1. The van der Waals surface area contributed by atoms with E-state index in [0.717, 1.165) is 9.87 Å². The molecule has 5 nitrogen and oxygen atoms in total. The van der Waals surface area contributed by atoms with E-state index in [1.165, 1.54) is 12.1 Å². The minimum atomic E-state index is -3.98. The second-order valence-electron chi connectivity index (χ2n) is 5.81. The van der Waals surface area contributed by atoms with Gasteiger partial charge in [0.25, 0.3) is 10.0 Å². The molecule has 0 fully saturated rings. The number of para-hydroxylation sites is 1. The van der Waals surface area contributed by atoms with E-state index in [1.54, 1.807) is 50.2 Å². The van der Waals surface area contributed by atoms with Crippen molar-refractivity contribution in [2.75, 3.05) is 10.8 Å². The summed E-state index contributed by atoms with van der Waals surface area (Å²) in [6.45, 7) is 4.80. The van der Waals surface area contributed by atoms with E-state index in [1.807, 2.05) is 6.92 Å². The predicted molar refractivity (Wildman–Crippen MR) is 98.4 cm³/mol. The first-order valence-electron chi connectivity index (χ1n) is 7.75. The highest BCUT2D eigenvalue weighted by molar-refractivity contribution is 7.92. The molecule has 0 aliphatic heterocycles. The largest absolute Gasteiger partial charge is 0.462 e. The highest BCUT2D eigenvalue weighted by atomic mass is 35.5. The molecule has 2 rings (SSSR count). The molecule has 0 aromatic heterocycles. The Bertz CT molecular complexity index is 848. The molecule has 0 radical (unpaired) electrons. The lowest BCUT2D eigenvalue weighted by Crippen LogP contribution is -2.37. The SMILES string of the molecule is Cc1ccc(S(=O)(=O)N(CC(=O)OC(C)C)c2ccccc2Cl)cc1. The smallest absolute Gasteiger partial charge is 0.327 e. The third kappa shape index (κ3) is 4.74. The molecule has 0 bridgehead atoms. The molecule has 25 heavy (non-hydrogen) atoms. The Morgan fingerprint density at radius 3 is 2.28 bits per heavy atom. The summed E-state index contributed by atoms with van der Waals surface area (Å²) in [6, 6.07) is 12.9. The van der Waals surface area contributed by atoms with Crippen molar-refractivity contribution in [3.8, 4) is 0 Å². The van der Waals surface area contributed by atoms with Gasteiger partial charge in [0.05, 0.1) is 21.7 Å². The maximum Gasteiger partial charge on any atom is 0.327 e. The Kier molecular flexibility index (Phi) is 6.08. The summed E-state index contributed by atoms with van der Waals surface area (Å²) in [5.41, 5.74) is 1.16. The molecular weight excluding hydrogens is 362 g/mol. The standard InChI is InChI=1S/C18H20ClNO4S/c1-13(2)24-18(21)12-20(17-7-5-4-6-16(17)19)25(22,23)15-10-8-14(3)9-11-15/h4-11,13H,12H2,1-3H3. The molecule has 0 saturated heterocycles. The Labute approximate surface area is 153 Å². The quantitative estimate of drug-likeness (QED) is 0.714. The highest BCUT2D eigenvalue weighted by Gasteiger charge is 2.29. The number of benzene rings is 2. The molecule has 0 amide bonds. The first-order valence-corrected chi connectivity index (χ1v) is 9.57. The van der Waals surface area contributed by atoms with Crippen molar-refractivity contribution < 1.29 is 17.9 Å². The summed E-state index contributed by atoms with van der Waals surface area (Å²) in [5.74, 6) is -0.648. The van der Waals surface area contributed by atoms with E-state index in [2.05, 4.69) is 0 Å². The van der Waals surface area contributed by atoms with Gasteiger partial charge in [-0.3, -0.25) is 9.10 Å². The van der Waals surface area contributed by atoms with Crippen LogP contribution in [0, 0.1) is 6.92 Å². The molecule has 0 N–H and O–H groups in total. The number of sulfonamides is 1. The molecule has 0 unspecified atom stereocenters. The van der Waals surface area contributed by atoms with Gasteiger partial charge in [0, 0.05) is 0 Å². The molecular formula is C18H20ClNO4S. The summed E-state index contributed by atoms with van der Waals surface area (Å²) in [6.07, 6.45) is -0.345. The van der Waals surface area contributed by atoms with Crippen LogP contribution in [0.15, 0.2) is 53.4 Å². The molecule has 134 valence electrons. The Morgan fingerprint density at radius 1 is 1.12 bits per heavy atom. The number of hydrogen-bond donors (Lipinski definition) is 0. The van der Waals surface area contributed by atoms with Crippen LogP contribution < -0.4 is 4.31 Å². The van der Waals surface area contributed by atoms with Crippen LogP contribution in [0.5, 0.6) is 0 Å². The average molecular weight is 382 g/mol. The number of carbonyl (C=O) groups excluding carboxylic acids is 1. The average Bonchev–Trinajstić information content (AvgIpc) is 2.53. The molecule has 0 saturated carbocycles. The van der Waals surface area contributed by atoms with Crippen molar-refractivity contribution >= 4 is 33.3 Å². The summed E-state index contributed by atoms with van der Waals surface area (Å²) >= 11 is 6.17. The fourth-order valence-electron chi connectivity index (χ4n) is 2.21. The predicted octanol–water partition coefficient (Wildman–Crippen LogP) is 3.80. The van der Waals surface area contributed by atoms with E-state index in [9.17, 15) is 13.2 Å². The van der Waals surface area contributed by atoms with Crippen molar-refractivity contribution in [1.82, 2.24) is 0 Å². The maximum absolute atomic E-state index is 13.1. The lowest BCUT2D eigenvalue weighted by atomic mass is 10.2. The number of aryl methyl sites for hydroxylation is 1. The molecule has 0 atom stereocenters. The van der Waals surface area contributed by atoms with Crippen LogP contribution in [0.4, 0.5) is 5.69 Å². The number of halogens is 1. The Morgan fingerprint density at radius 2 is 1.72 bits per heavy atom. The van der Waals surface area contributed by atoms with Crippen LogP contribution in [0.1, 0.15) is 19.4 Å². The van der Waals surface area contributed by atoms with Gasteiger partial charge < -0.3 is 4.74 Å². The fraction of sp³-hybridized carbons (Fsp3) is 0.278. The van der Waals surface area contributed by atoms with E-state index in [4.69, 9.17) is 16.3 Å². The van der Waals surface area contributed by atoms with E-state index < -0.39 is 22.5 Å². The zero-order valence-corrected chi connectivity index (χ0v) is 15.8. The molecule has 2 aromatic rings. The van der Waals surface area contributed by atoms with Crippen LogP contribution in [-0.4, -0.2) is 27.0 Å². The normalized spacial score (nSPS) is 11.4. The zero-order valence-electron chi connectivity index (χ0n) is 14.3. The van der Waals surface area contributed by atoms with Gasteiger partial charge in [0.2, 0.25) is 0 Å². The molecule has 0 aliphatic rings. The number of esters is 1. The number of carbonyl (C=O) groups is 1. The van der Waals surface area contributed by atoms with Crippen molar-refractivity contribution in [2.45, 2.75) is 31.8 Å². The summed E-state index contributed by atoms with van der Waals surface area (Å²) < 4.78 is 32.2. The van der Waals surface area contributed by atoms with Crippen molar-refractivity contribution in [1.29, 1.82) is 0 Å². The molecule has 0 aliphatic carbocycles. The molecule has 0 heterocycles. The number of nitrogens with zero attached hydrogens (tertiary/aromatic N) is 1. The Balaban J connectivity index is 2.48. The number of ether oxygens (including phenoxy) is 1. The van der Waals surface area contributed by atoms with Gasteiger partial charge in [-0.05, 0) is 45.0 Å². The minimum absolute atomic E-state index is 0.0790. The second-order valence-corrected chi connectivity index (χ2v) is 8.08. The van der Waals surface area contributed by atoms with E-state index in [0.29, 0.717) is 0 Å². The van der Waals surface area contributed by atoms with Gasteiger partial charge in [-0.1, -0.05) is 41.4 Å². The monoisotopic (exact) mass is 381 g/mol. The first-order chi connectivity index (χ1) is 11.7. The van der Waals surface area contributed by atoms with Crippen molar-refractivity contribution in [3.63, 3.8) is 0 Å². The van der Waals surface area contributed by atoms with E-state index in [-0.39, 0.29) is 21.7 Å². The number of rotatable bonds is 6. The molecule has 2 aromatic carbocycles. The van der Waals surface area contributed by atoms with Crippen LogP contribution in [0.25, 0.3) is 0 Å². The van der Waals surface area contributed by atoms with Gasteiger partial charge in [0.1, 0.15) is 6.54 Å². The highest BCUT2D eigenvalue weighted by Crippen LogP contribution is 2.30. The van der Waals surface area contributed by atoms with Crippen LogP contribution in [0.3, 0.4) is 0 Å². The summed E-state index contributed by atoms with van der Waals surface area (Å²) in [4.78, 5) is 12.2. The van der Waals surface area contributed by atoms with Crippen LogP contribution in [-0.2, 0) is 19.6 Å². The lowest BCUT2D eigenvalue weighted by Gasteiger charge is -2.25. The minimum Gasteiger partial charge on any atom is -0.462 e. The van der Waals surface area contributed by atoms with Crippen molar-refractivity contribution in [2.24, 2.45) is 0 Å². The van der Waals surface area contributed by atoms with Crippen LogP contribution in [0.2, 0.25) is 5.02 Å².